The van der Waals surface area contributed by atoms with Gasteiger partial charge in [0.05, 0.1) is 31.8 Å². The van der Waals surface area contributed by atoms with Crippen molar-refractivity contribution in [1.82, 2.24) is 4.90 Å². The van der Waals surface area contributed by atoms with Crippen molar-refractivity contribution < 1.29 is 14.3 Å². The first kappa shape index (κ1) is 12.9. The maximum Gasteiger partial charge on any atom is 0.254 e. The highest BCUT2D eigenvalue weighted by atomic mass is 16.6. The molecule has 1 saturated heterocycles. The van der Waals surface area contributed by atoms with Crippen LogP contribution in [-0.4, -0.2) is 49.8 Å². The van der Waals surface area contributed by atoms with Crippen LogP contribution in [0.25, 0.3) is 0 Å². The monoisotopic (exact) mass is 226 g/mol. The number of carbonyl (C=O) groups excluding carboxylic acids is 1. The molecule has 1 rings (SSSR count). The summed E-state index contributed by atoms with van der Waals surface area (Å²) >= 11 is 0. The van der Waals surface area contributed by atoms with Crippen molar-refractivity contribution in [3.8, 4) is 6.07 Å². The molecule has 5 heteroatoms. The van der Waals surface area contributed by atoms with Gasteiger partial charge >= 0.3 is 0 Å². The van der Waals surface area contributed by atoms with Gasteiger partial charge in [-0.15, -0.1) is 0 Å². The van der Waals surface area contributed by atoms with Crippen LogP contribution in [-0.2, 0) is 14.3 Å². The molecule has 0 radical (unpaired) electrons. The average molecular weight is 226 g/mol. The van der Waals surface area contributed by atoms with Gasteiger partial charge in [-0.1, -0.05) is 0 Å². The molecule has 0 aromatic rings. The van der Waals surface area contributed by atoms with Crippen LogP contribution < -0.4 is 0 Å². The van der Waals surface area contributed by atoms with E-state index in [0.29, 0.717) is 32.9 Å². The summed E-state index contributed by atoms with van der Waals surface area (Å²) in [4.78, 5) is 13.6. The number of ether oxygens (including phenoxy) is 2. The van der Waals surface area contributed by atoms with Crippen LogP contribution in [0.4, 0.5) is 0 Å². The fourth-order valence-corrected chi connectivity index (χ4v) is 1.58. The lowest BCUT2D eigenvalue weighted by Crippen LogP contribution is -2.46. The maximum atomic E-state index is 12.0. The van der Waals surface area contributed by atoms with Crippen LogP contribution in [0, 0.1) is 17.2 Å². The average Bonchev–Trinajstić information content (AvgIpc) is 2.35. The summed E-state index contributed by atoms with van der Waals surface area (Å²) in [5.41, 5.74) is 0. The first-order valence-corrected chi connectivity index (χ1v) is 5.56. The van der Waals surface area contributed by atoms with Crippen LogP contribution in [0.15, 0.2) is 0 Å². The summed E-state index contributed by atoms with van der Waals surface area (Å²) < 4.78 is 10.5. The Hall–Kier alpha value is -1.12. The molecule has 0 aromatic heterocycles. The first-order valence-electron chi connectivity index (χ1n) is 5.56. The van der Waals surface area contributed by atoms with E-state index in [1.54, 1.807) is 11.8 Å². The van der Waals surface area contributed by atoms with E-state index in [2.05, 4.69) is 6.07 Å². The van der Waals surface area contributed by atoms with Crippen LogP contribution >= 0.6 is 0 Å². The predicted molar refractivity (Wildman–Crippen MR) is 57.6 cm³/mol. The van der Waals surface area contributed by atoms with Crippen LogP contribution in [0.5, 0.6) is 0 Å². The van der Waals surface area contributed by atoms with E-state index < -0.39 is 6.10 Å². The third-order valence-electron chi connectivity index (χ3n) is 2.50. The quantitative estimate of drug-likeness (QED) is 0.696. The van der Waals surface area contributed by atoms with E-state index in [1.807, 2.05) is 6.92 Å². The van der Waals surface area contributed by atoms with E-state index in [9.17, 15) is 4.79 Å². The number of likely N-dealkylation sites (N-methyl/N-ethyl adjacent to an activating group) is 1. The molecule has 0 N–H and O–H groups in total. The van der Waals surface area contributed by atoms with E-state index in [0.717, 1.165) is 0 Å². The second-order valence-corrected chi connectivity index (χ2v) is 3.84. The zero-order chi connectivity index (χ0) is 12.0. The summed E-state index contributed by atoms with van der Waals surface area (Å²) in [6, 6.07) is 2.12. The Kier molecular flexibility index (Phi) is 5.23. The molecule has 0 aliphatic carbocycles. The molecule has 0 saturated carbocycles. The van der Waals surface area contributed by atoms with Crippen molar-refractivity contribution in [3.63, 3.8) is 0 Å². The Morgan fingerprint density at radius 1 is 1.62 bits per heavy atom. The second kappa shape index (κ2) is 6.46. The molecule has 16 heavy (non-hydrogen) atoms. The van der Waals surface area contributed by atoms with E-state index in [-0.39, 0.29) is 11.8 Å². The van der Waals surface area contributed by atoms with Gasteiger partial charge in [0, 0.05) is 13.1 Å². The molecule has 1 amide bonds. The smallest absolute Gasteiger partial charge is 0.254 e. The van der Waals surface area contributed by atoms with E-state index in [4.69, 9.17) is 14.7 Å². The standard InChI is InChI=1S/C11H18N2O3/c1-3-13(7-9(2)6-12)11(14)10-8-15-4-5-16-10/h9-10H,3-5,7-8H2,1-2H3. The minimum Gasteiger partial charge on any atom is -0.376 e. The van der Waals surface area contributed by atoms with Gasteiger partial charge in [0.1, 0.15) is 0 Å². The van der Waals surface area contributed by atoms with Crippen LogP contribution in [0.2, 0.25) is 0 Å². The number of hydrogen-bond donors (Lipinski definition) is 0. The van der Waals surface area contributed by atoms with Crippen LogP contribution in [0.1, 0.15) is 13.8 Å². The Morgan fingerprint density at radius 3 is 2.88 bits per heavy atom. The highest BCUT2D eigenvalue weighted by Gasteiger charge is 2.27. The van der Waals surface area contributed by atoms with E-state index in [1.165, 1.54) is 0 Å². The highest BCUT2D eigenvalue weighted by molar-refractivity contribution is 5.81. The van der Waals surface area contributed by atoms with Gasteiger partial charge in [-0.2, -0.15) is 5.26 Å². The summed E-state index contributed by atoms with van der Waals surface area (Å²) in [5.74, 6) is -0.238. The second-order valence-electron chi connectivity index (χ2n) is 3.84. The topological polar surface area (TPSA) is 62.6 Å². The van der Waals surface area contributed by atoms with Gasteiger partial charge in [0.15, 0.2) is 6.10 Å². The van der Waals surface area contributed by atoms with Crippen molar-refractivity contribution in [2.75, 3.05) is 32.9 Å². The Bertz CT molecular complexity index is 269. The van der Waals surface area contributed by atoms with Gasteiger partial charge in [-0.3, -0.25) is 4.79 Å². The number of carbonyl (C=O) groups is 1. The molecular formula is C11H18N2O3. The van der Waals surface area contributed by atoms with Gasteiger partial charge in [0.2, 0.25) is 0 Å². The number of amides is 1. The molecular weight excluding hydrogens is 208 g/mol. The summed E-state index contributed by atoms with van der Waals surface area (Å²) in [5, 5.41) is 8.73. The Balaban J connectivity index is 2.51. The molecule has 2 atom stereocenters. The van der Waals surface area contributed by atoms with Gasteiger partial charge in [0.25, 0.3) is 5.91 Å². The normalized spacial score (nSPS) is 22.2. The lowest BCUT2D eigenvalue weighted by atomic mass is 10.2. The molecule has 0 bridgehead atoms. The molecule has 90 valence electrons. The molecule has 1 aliphatic rings. The minimum absolute atomic E-state index is 0.0794. The van der Waals surface area contributed by atoms with Crippen molar-refractivity contribution >= 4 is 5.91 Å². The molecule has 1 fully saturated rings. The predicted octanol–water partition coefficient (Wildman–Crippen LogP) is 0.410. The third kappa shape index (κ3) is 3.47. The van der Waals surface area contributed by atoms with E-state index >= 15 is 0 Å². The molecule has 0 spiro atoms. The summed E-state index contributed by atoms with van der Waals surface area (Å²) in [7, 11) is 0. The fraction of sp³-hybridized carbons (Fsp3) is 0.818. The Labute approximate surface area is 95.9 Å². The van der Waals surface area contributed by atoms with Gasteiger partial charge in [-0.05, 0) is 13.8 Å². The molecule has 1 heterocycles. The highest BCUT2D eigenvalue weighted by Crippen LogP contribution is 2.07. The lowest BCUT2D eigenvalue weighted by Gasteiger charge is -2.29. The zero-order valence-electron chi connectivity index (χ0n) is 9.81. The number of nitriles is 1. The van der Waals surface area contributed by atoms with Crippen molar-refractivity contribution in [2.45, 2.75) is 20.0 Å². The fourth-order valence-electron chi connectivity index (χ4n) is 1.58. The molecule has 1 aliphatic heterocycles. The van der Waals surface area contributed by atoms with Gasteiger partial charge < -0.3 is 14.4 Å². The minimum atomic E-state index is -0.500. The largest absolute Gasteiger partial charge is 0.376 e. The number of rotatable bonds is 4. The van der Waals surface area contributed by atoms with Crippen molar-refractivity contribution in [1.29, 1.82) is 5.26 Å². The lowest BCUT2D eigenvalue weighted by molar-refractivity contribution is -0.158. The van der Waals surface area contributed by atoms with Crippen LogP contribution in [0.3, 0.4) is 0 Å². The maximum absolute atomic E-state index is 12.0. The molecule has 5 nitrogen and oxygen atoms in total. The summed E-state index contributed by atoms with van der Waals surface area (Å²) in [6.07, 6.45) is -0.500. The van der Waals surface area contributed by atoms with Crippen molar-refractivity contribution in [2.24, 2.45) is 5.92 Å². The zero-order valence-corrected chi connectivity index (χ0v) is 9.81. The number of hydrogen-bond acceptors (Lipinski definition) is 4. The molecule has 0 aromatic carbocycles. The number of nitrogens with zero attached hydrogens (tertiary/aromatic N) is 2. The third-order valence-corrected chi connectivity index (χ3v) is 2.50. The Morgan fingerprint density at radius 2 is 2.38 bits per heavy atom. The van der Waals surface area contributed by atoms with Gasteiger partial charge in [-0.25, -0.2) is 0 Å². The SMILES string of the molecule is CCN(CC(C)C#N)C(=O)C1COCCO1. The first-order chi connectivity index (χ1) is 7.69. The molecule has 2 unspecified atom stereocenters. The summed E-state index contributed by atoms with van der Waals surface area (Å²) in [6.45, 7) is 6.05. The van der Waals surface area contributed by atoms with Crippen molar-refractivity contribution in [3.05, 3.63) is 0 Å².